The van der Waals surface area contributed by atoms with Crippen molar-refractivity contribution in [2.24, 2.45) is 5.92 Å². The average molecular weight is 577 g/mol. The van der Waals surface area contributed by atoms with Gasteiger partial charge in [-0.15, -0.1) is 0 Å². The number of benzene rings is 3. The molecule has 42 heavy (non-hydrogen) atoms. The van der Waals surface area contributed by atoms with Crippen LogP contribution in [0.15, 0.2) is 54.6 Å². The van der Waals surface area contributed by atoms with Gasteiger partial charge in [-0.25, -0.2) is 4.39 Å². The van der Waals surface area contributed by atoms with Gasteiger partial charge in [-0.3, -0.25) is 14.5 Å². The van der Waals surface area contributed by atoms with Crippen molar-refractivity contribution in [1.82, 2.24) is 4.90 Å². The van der Waals surface area contributed by atoms with E-state index in [2.05, 4.69) is 5.32 Å². The summed E-state index contributed by atoms with van der Waals surface area (Å²) in [7, 11) is 0. The van der Waals surface area contributed by atoms with Crippen LogP contribution in [0.25, 0.3) is 0 Å². The van der Waals surface area contributed by atoms with Crippen LogP contribution in [0.4, 0.5) is 10.1 Å². The van der Waals surface area contributed by atoms with E-state index < -0.39 is 29.7 Å². The summed E-state index contributed by atoms with van der Waals surface area (Å²) in [6.45, 7) is 6.74. The molecule has 1 fully saturated rings. The van der Waals surface area contributed by atoms with E-state index in [-0.39, 0.29) is 37.1 Å². The maximum absolute atomic E-state index is 15.4. The Bertz CT molecular complexity index is 1420. The van der Waals surface area contributed by atoms with Gasteiger partial charge in [0.1, 0.15) is 11.6 Å². The summed E-state index contributed by atoms with van der Waals surface area (Å²) < 4.78 is 32.0. The van der Waals surface area contributed by atoms with Crippen LogP contribution in [0.1, 0.15) is 61.4 Å². The molecular weight excluding hydrogens is 539 g/mol. The van der Waals surface area contributed by atoms with Crippen molar-refractivity contribution in [3.63, 3.8) is 0 Å². The first-order valence-corrected chi connectivity index (χ1v) is 14.5. The first kappa shape index (κ1) is 29.4. The highest BCUT2D eigenvalue weighted by Gasteiger charge is 2.49. The minimum absolute atomic E-state index is 0.0222. The third-order valence-electron chi connectivity index (χ3n) is 8.08. The molecule has 3 aromatic rings. The highest BCUT2D eigenvalue weighted by atomic mass is 19.1. The summed E-state index contributed by atoms with van der Waals surface area (Å²) >= 11 is 0. The number of nitrogens with one attached hydrogen (secondary N) is 1. The van der Waals surface area contributed by atoms with E-state index in [9.17, 15) is 14.7 Å². The second-order valence-electron chi connectivity index (χ2n) is 10.7. The van der Waals surface area contributed by atoms with Crippen molar-refractivity contribution in [2.45, 2.75) is 52.0 Å². The topological polar surface area (TPSA) is 97.3 Å². The zero-order valence-corrected chi connectivity index (χ0v) is 24.2. The maximum atomic E-state index is 15.4. The molecular formula is C33H37FN2O6. The standard InChI is InChI=1S/C33H37FN2O6/c1-4-14-40-23-12-10-22(11-13-23)32-30(33(38)39)25(24-15-27-28(16-26(24)34)42-19-41-27)17-36(32)18-29(37)35-31-20(5-2)8-7-9-21(31)6-3/h7-13,15-16,25,30,32H,4-6,14,17-19H2,1-3H3,(H,35,37)(H,38,39)/t25-,30?,32+/m1/s1. The number of carbonyl (C=O) groups excluding carboxylic acids is 1. The lowest BCUT2D eigenvalue weighted by Crippen LogP contribution is -2.35. The van der Waals surface area contributed by atoms with Crippen LogP contribution < -0.4 is 19.5 Å². The van der Waals surface area contributed by atoms with Crippen LogP contribution in [0, 0.1) is 11.7 Å². The molecule has 0 bridgehead atoms. The van der Waals surface area contributed by atoms with E-state index in [1.165, 1.54) is 12.1 Å². The summed E-state index contributed by atoms with van der Waals surface area (Å²) in [6, 6.07) is 15.3. The number of hydrogen-bond acceptors (Lipinski definition) is 6. The average Bonchev–Trinajstić information content (AvgIpc) is 3.60. The second kappa shape index (κ2) is 12.8. The van der Waals surface area contributed by atoms with Gasteiger partial charge in [-0.1, -0.05) is 51.1 Å². The molecule has 1 saturated heterocycles. The first-order valence-electron chi connectivity index (χ1n) is 14.5. The smallest absolute Gasteiger partial charge is 0.309 e. The lowest BCUT2D eigenvalue weighted by molar-refractivity contribution is -0.143. The summed E-state index contributed by atoms with van der Waals surface area (Å²) in [6.07, 6.45) is 2.38. The molecule has 0 aliphatic carbocycles. The van der Waals surface area contributed by atoms with Crippen LogP contribution in [-0.2, 0) is 22.4 Å². The van der Waals surface area contributed by atoms with Gasteiger partial charge >= 0.3 is 5.97 Å². The number of carboxylic acids is 1. The molecule has 3 atom stereocenters. The SMILES string of the molecule is CCCOc1ccc([C@H]2C(C(=O)O)[C@@H](c3cc4c(cc3F)OCO4)CN2CC(=O)Nc2c(CC)cccc2CC)cc1. The molecule has 2 N–H and O–H groups in total. The van der Waals surface area contributed by atoms with Gasteiger partial charge in [0.15, 0.2) is 11.5 Å². The Morgan fingerprint density at radius 1 is 1.02 bits per heavy atom. The van der Waals surface area contributed by atoms with E-state index in [0.29, 0.717) is 23.7 Å². The van der Waals surface area contributed by atoms with Crippen molar-refractivity contribution in [3.05, 3.63) is 82.7 Å². The number of aryl methyl sites for hydroxylation is 2. The van der Waals surface area contributed by atoms with Crippen LogP contribution >= 0.6 is 0 Å². The fraction of sp³-hybridized carbons (Fsp3) is 0.394. The van der Waals surface area contributed by atoms with Crippen molar-refractivity contribution >= 4 is 17.6 Å². The van der Waals surface area contributed by atoms with E-state index in [1.54, 1.807) is 0 Å². The first-order chi connectivity index (χ1) is 20.3. The molecule has 1 unspecified atom stereocenters. The molecule has 2 heterocycles. The van der Waals surface area contributed by atoms with Gasteiger partial charge in [0.25, 0.3) is 0 Å². The number of aliphatic carboxylic acids is 1. The van der Waals surface area contributed by atoms with Crippen LogP contribution in [-0.4, -0.2) is 48.4 Å². The zero-order chi connectivity index (χ0) is 29.8. The third kappa shape index (κ3) is 5.92. The lowest BCUT2D eigenvalue weighted by atomic mass is 9.82. The van der Waals surface area contributed by atoms with E-state index in [4.69, 9.17) is 14.2 Å². The third-order valence-corrected chi connectivity index (χ3v) is 8.08. The number of hydrogen-bond donors (Lipinski definition) is 2. The number of ether oxygens (including phenoxy) is 3. The number of nitrogens with zero attached hydrogens (tertiary/aromatic N) is 1. The number of anilines is 1. The number of carbonyl (C=O) groups is 2. The Kier molecular flexibility index (Phi) is 8.97. The van der Waals surface area contributed by atoms with Crippen molar-refractivity contribution in [3.8, 4) is 17.2 Å². The van der Waals surface area contributed by atoms with Gasteiger partial charge in [0, 0.05) is 30.3 Å². The van der Waals surface area contributed by atoms with Crippen molar-refractivity contribution in [1.29, 1.82) is 0 Å². The van der Waals surface area contributed by atoms with Gasteiger partial charge in [-0.05, 0) is 59.7 Å². The molecule has 5 rings (SSSR count). The van der Waals surface area contributed by atoms with Gasteiger partial charge in [-0.2, -0.15) is 0 Å². The molecule has 2 aliphatic heterocycles. The number of para-hydroxylation sites is 1. The molecule has 1 amide bonds. The van der Waals surface area contributed by atoms with E-state index in [0.717, 1.165) is 36.1 Å². The molecule has 3 aromatic carbocycles. The predicted octanol–water partition coefficient (Wildman–Crippen LogP) is 5.95. The van der Waals surface area contributed by atoms with E-state index >= 15 is 4.39 Å². The molecule has 2 aliphatic rings. The Morgan fingerprint density at radius 2 is 1.69 bits per heavy atom. The Morgan fingerprint density at radius 3 is 2.31 bits per heavy atom. The summed E-state index contributed by atoms with van der Waals surface area (Å²) in [4.78, 5) is 28.3. The Balaban J connectivity index is 1.50. The van der Waals surface area contributed by atoms with Crippen LogP contribution in [0.2, 0.25) is 0 Å². The molecule has 222 valence electrons. The minimum Gasteiger partial charge on any atom is -0.494 e. The van der Waals surface area contributed by atoms with Gasteiger partial charge in [0.2, 0.25) is 12.7 Å². The predicted molar refractivity (Wildman–Crippen MR) is 157 cm³/mol. The van der Waals surface area contributed by atoms with Gasteiger partial charge in [0.05, 0.1) is 19.1 Å². The van der Waals surface area contributed by atoms with E-state index in [1.807, 2.05) is 68.1 Å². The number of carboxylic acid groups (broad SMARTS) is 1. The number of likely N-dealkylation sites (tertiary alicyclic amines) is 1. The fourth-order valence-corrected chi connectivity index (χ4v) is 6.07. The minimum atomic E-state index is -1.07. The summed E-state index contributed by atoms with van der Waals surface area (Å²) in [5.74, 6) is -2.30. The summed E-state index contributed by atoms with van der Waals surface area (Å²) in [5, 5.41) is 13.6. The zero-order valence-electron chi connectivity index (χ0n) is 24.2. The lowest BCUT2D eigenvalue weighted by Gasteiger charge is -2.27. The molecule has 8 nitrogen and oxygen atoms in total. The largest absolute Gasteiger partial charge is 0.494 e. The fourth-order valence-electron chi connectivity index (χ4n) is 6.07. The number of amides is 1. The Labute approximate surface area is 245 Å². The highest BCUT2D eigenvalue weighted by Crippen LogP contribution is 2.48. The monoisotopic (exact) mass is 576 g/mol. The number of rotatable bonds is 11. The maximum Gasteiger partial charge on any atom is 0.309 e. The molecule has 0 spiro atoms. The molecule has 9 heteroatoms. The summed E-state index contributed by atoms with van der Waals surface area (Å²) in [5.41, 5.74) is 3.81. The number of fused-ring (bicyclic) bond motifs is 1. The molecule has 0 aromatic heterocycles. The quantitative estimate of drug-likeness (QED) is 0.291. The van der Waals surface area contributed by atoms with Crippen molar-refractivity contribution < 1.29 is 33.3 Å². The highest BCUT2D eigenvalue weighted by molar-refractivity contribution is 5.94. The normalized spacial score (nSPS) is 19.6. The second-order valence-corrected chi connectivity index (χ2v) is 10.7. The van der Waals surface area contributed by atoms with Gasteiger partial charge < -0.3 is 24.6 Å². The Hall–Kier alpha value is -4.11. The molecule has 0 radical (unpaired) electrons. The van der Waals surface area contributed by atoms with Crippen LogP contribution in [0.3, 0.4) is 0 Å². The molecule has 0 saturated carbocycles. The van der Waals surface area contributed by atoms with Crippen molar-refractivity contribution in [2.75, 3.05) is 31.8 Å². The number of halogens is 1. The van der Waals surface area contributed by atoms with Crippen LogP contribution in [0.5, 0.6) is 17.2 Å².